The van der Waals surface area contributed by atoms with Crippen LogP contribution in [-0.4, -0.2) is 104 Å². The van der Waals surface area contributed by atoms with Crippen LogP contribution in [0.3, 0.4) is 0 Å². The molecule has 14 aromatic rings. The molecule has 0 atom stereocenters. The summed E-state index contributed by atoms with van der Waals surface area (Å²) in [6.45, 7) is -0.265. The first-order valence-electron chi connectivity index (χ1n) is 38.3. The quantitative estimate of drug-likeness (QED) is 0.0410. The Hall–Kier alpha value is -10.7. The van der Waals surface area contributed by atoms with E-state index in [0.29, 0.717) is 133 Å². The first-order chi connectivity index (χ1) is 59.8. The van der Waals surface area contributed by atoms with Crippen LogP contribution in [0.1, 0.15) is 91.9 Å². The van der Waals surface area contributed by atoms with E-state index in [0.717, 1.165) is 51.8 Å². The van der Waals surface area contributed by atoms with Crippen LogP contribution in [0.25, 0.3) is 49.8 Å². The van der Waals surface area contributed by atoms with Crippen molar-refractivity contribution in [2.75, 3.05) is 63.1 Å². The SMILES string of the molecule is COc1cc(C2CCC2)c(Cl)cc1-n1c(=O)ccc2cc(S(=O)(=O)Nc3ncco3)ccc21.COc1ccc(CN(c2ncco2)S(=O)(=O)c2ccc3c(ccc(=O)n3-c3cc(Cl)c(Br)cc3OC)c2)c(OC)c1.COc1ccc(CN(c2ncco2)S(=O)(=O)c2ccc3c(ccc(=O)n3-c3cc(Cl)c(C4CCC4)cc3OC)c2)c(OC)c1.[CH-]1CCC1.[Zn+][Br]. The zero-order valence-electron chi connectivity index (χ0n) is 67.7. The third-order valence-electron chi connectivity index (χ3n) is 21.1. The summed E-state index contributed by atoms with van der Waals surface area (Å²) in [6, 6.07) is 42.7. The van der Waals surface area contributed by atoms with E-state index in [4.69, 9.17) is 81.2 Å². The van der Waals surface area contributed by atoms with Crippen LogP contribution >= 0.6 is 64.4 Å². The van der Waals surface area contributed by atoms with Gasteiger partial charge in [-0.1, -0.05) is 47.6 Å². The fourth-order valence-electron chi connectivity index (χ4n) is 14.0. The van der Waals surface area contributed by atoms with Crippen LogP contribution in [0.2, 0.25) is 15.1 Å². The molecular formula is C87H80Br2Cl3N9O19S3Zn. The molecule has 17 rings (SSSR count). The molecule has 642 valence electrons. The molecule has 8 aromatic carbocycles. The summed E-state index contributed by atoms with van der Waals surface area (Å²) in [5, 5.41) is 3.06. The number of hydrogen-bond acceptors (Lipinski definition) is 22. The van der Waals surface area contributed by atoms with Gasteiger partial charge in [0.05, 0.1) is 135 Å². The number of sulfonamides is 3. The molecule has 37 heteroatoms. The number of oxazole rings is 3. The maximum atomic E-state index is 14.2. The predicted octanol–water partition coefficient (Wildman–Crippen LogP) is 19.1. The van der Waals surface area contributed by atoms with E-state index in [2.05, 4.69) is 55.6 Å². The van der Waals surface area contributed by atoms with Crippen molar-refractivity contribution in [2.24, 2.45) is 0 Å². The summed E-state index contributed by atoms with van der Waals surface area (Å²) in [5.41, 5.74) is 5.02. The number of aromatic nitrogens is 6. The number of anilines is 3. The zero-order valence-corrected chi connectivity index (χ0v) is 78.6. The Kier molecular flexibility index (Phi) is 29.4. The molecule has 3 aliphatic rings. The van der Waals surface area contributed by atoms with Crippen LogP contribution in [0.4, 0.5) is 18.0 Å². The van der Waals surface area contributed by atoms with Crippen LogP contribution in [0.5, 0.6) is 40.2 Å². The van der Waals surface area contributed by atoms with Crippen LogP contribution in [-0.2, 0) is 59.5 Å². The van der Waals surface area contributed by atoms with Crippen molar-refractivity contribution in [2.45, 2.75) is 97.4 Å². The molecule has 0 saturated heterocycles. The number of fused-ring (bicyclic) bond motifs is 3. The predicted molar refractivity (Wildman–Crippen MR) is 477 cm³/mol. The van der Waals surface area contributed by atoms with E-state index in [9.17, 15) is 39.6 Å². The topological polar surface area (TPSA) is 330 Å². The molecule has 124 heavy (non-hydrogen) atoms. The van der Waals surface area contributed by atoms with Gasteiger partial charge >= 0.3 is 48.0 Å². The molecule has 0 unspecified atom stereocenters. The third-order valence-corrected chi connectivity index (χ3v) is 27.7. The second-order valence-electron chi connectivity index (χ2n) is 28.1. The van der Waals surface area contributed by atoms with Crippen molar-refractivity contribution in [1.82, 2.24) is 28.7 Å². The minimum atomic E-state index is -4.22. The molecule has 28 nitrogen and oxygen atoms in total. The van der Waals surface area contributed by atoms with Gasteiger partial charge < -0.3 is 52.8 Å². The van der Waals surface area contributed by atoms with Crippen LogP contribution in [0, 0.1) is 6.42 Å². The van der Waals surface area contributed by atoms with Crippen molar-refractivity contribution in [3.8, 4) is 57.3 Å². The normalized spacial score (nSPS) is 13.2. The number of halogens is 5. The van der Waals surface area contributed by atoms with E-state index in [-0.39, 0.29) is 62.5 Å². The van der Waals surface area contributed by atoms with Gasteiger partial charge in [-0.2, -0.15) is 12.8 Å². The van der Waals surface area contributed by atoms with Gasteiger partial charge in [-0.3, -0.25) is 28.1 Å². The number of hydrogen-bond donors (Lipinski definition) is 1. The number of pyridine rings is 3. The molecule has 0 bridgehead atoms. The Labute approximate surface area is 753 Å². The van der Waals surface area contributed by atoms with Gasteiger partial charge in [0.1, 0.15) is 59.0 Å². The average molecular weight is 1980 g/mol. The molecular weight excluding hydrogens is 1900 g/mol. The maximum absolute atomic E-state index is 14.2. The van der Waals surface area contributed by atoms with Crippen molar-refractivity contribution >= 4 is 145 Å². The standard InChI is InChI=1S/C32H30ClN3O7S.C28H23BrClN3O7S.C23H20ClN3O5S.C4H7.BrH.Zn/c1-40-23-9-7-22(29(16-23)41-2)19-35(32-34-13-14-43-32)44(38,39)24-10-11-27-21(15-24)8-12-31(37)36(27)28-18-26(33)25(17-30(28)42-3)20-5-4-6-20;1-37-19-6-4-18(25(13-19)38-2)16-32(28-31-10-11-40-28)41(35,36)20-7-8-23-17(12-20)5-9-27(34)33(23)24-15-22(30)21(29)14-26(24)39-3;1-31-21-12-17(14-3-2-4-14)18(24)13-20(21)27-19-7-6-16(11-15(19)5-8-22(27)28)33(29,30)26-23-25-9-10-32-23;1-2-4-3-1;;/h7-18,20H,4-6,19H2,1-3H3;4-15H,16H2,1-3H3;5-14H,2-4H2,1H3,(H,25,26);1H,2-4H2;1H;/q;;;-1;;+2/p-1. The van der Waals surface area contributed by atoms with Gasteiger partial charge in [0, 0.05) is 72.1 Å². The minimum absolute atomic E-state index is 0.00345. The molecule has 0 spiro atoms. The van der Waals surface area contributed by atoms with Gasteiger partial charge in [0.15, 0.2) is 0 Å². The van der Waals surface area contributed by atoms with E-state index in [1.807, 2.05) is 12.1 Å². The van der Waals surface area contributed by atoms with E-state index >= 15 is 0 Å². The van der Waals surface area contributed by atoms with Crippen molar-refractivity contribution < 1.29 is 88.0 Å². The Balaban J connectivity index is 0.000000156. The van der Waals surface area contributed by atoms with E-state index in [1.54, 1.807) is 111 Å². The van der Waals surface area contributed by atoms with E-state index in [1.165, 1.54) is 183 Å². The zero-order chi connectivity index (χ0) is 88.3. The second-order valence-corrected chi connectivity index (χ2v) is 35.6. The molecule has 0 radical (unpaired) electrons. The molecule has 3 saturated carbocycles. The number of nitrogens with one attached hydrogen (secondary N) is 1. The fourth-order valence-corrected chi connectivity index (χ4v) is 18.8. The summed E-state index contributed by atoms with van der Waals surface area (Å²) >= 11 is 27.3. The number of benzene rings is 8. The fraction of sp³-hybridized carbons (Fsp3) is 0.230. The third kappa shape index (κ3) is 19.5. The first-order valence-corrected chi connectivity index (χ1v) is 51.6. The Morgan fingerprint density at radius 1 is 0.444 bits per heavy atom. The van der Waals surface area contributed by atoms with Crippen LogP contribution in [0.15, 0.2) is 248 Å². The Morgan fingerprint density at radius 3 is 1.15 bits per heavy atom. The second kappa shape index (κ2) is 40.1. The molecule has 0 aliphatic heterocycles. The summed E-state index contributed by atoms with van der Waals surface area (Å²) in [4.78, 5) is 51.1. The first kappa shape index (κ1) is 91.0. The summed E-state index contributed by atoms with van der Waals surface area (Å²) < 4.78 is 145. The monoisotopic (exact) mass is 1980 g/mol. The molecule has 6 aromatic heterocycles. The van der Waals surface area contributed by atoms with E-state index < -0.39 is 30.1 Å². The number of ether oxygens (including phenoxy) is 7. The van der Waals surface area contributed by atoms with Gasteiger partial charge in [0.2, 0.25) is 0 Å². The van der Waals surface area contributed by atoms with Crippen molar-refractivity contribution in [1.29, 1.82) is 0 Å². The summed E-state index contributed by atoms with van der Waals surface area (Å²) in [6.07, 6.45) is 21.0. The Morgan fingerprint density at radius 2 is 0.806 bits per heavy atom. The molecule has 3 aliphatic carbocycles. The van der Waals surface area contributed by atoms with Gasteiger partial charge in [0.25, 0.3) is 46.7 Å². The number of rotatable bonds is 25. The van der Waals surface area contributed by atoms with Gasteiger partial charge in [-0.25, -0.2) is 53.5 Å². The van der Waals surface area contributed by atoms with Crippen molar-refractivity contribution in [3.05, 3.63) is 280 Å². The number of methoxy groups -OCH3 is 7. The average Bonchev–Trinajstić information content (AvgIpc) is 1.01. The number of nitrogens with zero attached hydrogens (tertiary/aromatic N) is 8. The summed E-state index contributed by atoms with van der Waals surface area (Å²) in [7, 11) is -1.75. The van der Waals surface area contributed by atoms with Crippen molar-refractivity contribution in [3.63, 3.8) is 0 Å². The molecule has 3 fully saturated rings. The van der Waals surface area contributed by atoms with Gasteiger partial charge in [-0.05, 0) is 198 Å². The van der Waals surface area contributed by atoms with Gasteiger partial charge in [-0.15, -0.1) is 6.42 Å². The summed E-state index contributed by atoms with van der Waals surface area (Å²) in [5.74, 6) is 4.18. The molecule has 6 heterocycles. The van der Waals surface area contributed by atoms with Crippen LogP contribution < -0.4 is 63.2 Å². The molecule has 1 N–H and O–H groups in total. The molecule has 0 amide bonds. The Bertz CT molecular complexity index is 6780.